The molecule has 0 atom stereocenters. The summed E-state index contributed by atoms with van der Waals surface area (Å²) in [4.78, 5) is 43.4. The van der Waals surface area contributed by atoms with E-state index in [0.717, 1.165) is 0 Å². The van der Waals surface area contributed by atoms with Crippen molar-refractivity contribution >= 4 is 22.7 Å². The Morgan fingerprint density at radius 1 is 0.459 bits per heavy atom. The summed E-state index contributed by atoms with van der Waals surface area (Å²) < 4.78 is 0. The predicted octanol–water partition coefficient (Wildman–Crippen LogP) is 5.70. The van der Waals surface area contributed by atoms with Crippen molar-refractivity contribution in [3.8, 4) is 0 Å². The van der Waals surface area contributed by atoms with E-state index in [-0.39, 0.29) is 0 Å². The number of hydrogen-bond acceptors (Lipinski definition) is 8. The highest BCUT2D eigenvalue weighted by Crippen LogP contribution is 2.54. The van der Waals surface area contributed by atoms with E-state index in [0.29, 0.717) is 22.8 Å². The van der Waals surface area contributed by atoms with E-state index in [4.69, 9.17) is 0 Å². The van der Waals surface area contributed by atoms with Crippen LogP contribution >= 0.6 is 0 Å². The van der Waals surface area contributed by atoms with Gasteiger partial charge in [-0.2, -0.15) is 0 Å². The molecule has 0 spiro atoms. The largest absolute Gasteiger partial charge is 0.430 e. The molecule has 12 nitrogen and oxygen atoms in total. The molecule has 0 fully saturated rings. The van der Waals surface area contributed by atoms with Crippen molar-refractivity contribution in [2.75, 3.05) is 0 Å². The molecule has 0 amide bonds. The molecule has 4 rings (SSSR count). The van der Waals surface area contributed by atoms with Crippen molar-refractivity contribution in [3.63, 3.8) is 0 Å². The second-order valence-electron chi connectivity index (χ2n) is 7.87. The summed E-state index contributed by atoms with van der Waals surface area (Å²) in [6, 6.07) is 25.4. The molecular formula is C25H16N4O8. The number of hydrogen-bond donors (Lipinski definition) is 0. The minimum Gasteiger partial charge on any atom is -0.258 e. The van der Waals surface area contributed by atoms with Gasteiger partial charge in [-0.1, -0.05) is 91.0 Å². The Morgan fingerprint density at radius 2 is 0.811 bits per heavy atom. The first-order valence-corrected chi connectivity index (χ1v) is 10.7. The van der Waals surface area contributed by atoms with Gasteiger partial charge in [0.25, 0.3) is 0 Å². The summed E-state index contributed by atoms with van der Waals surface area (Å²) in [7, 11) is 0. The number of nitro groups is 4. The summed E-state index contributed by atoms with van der Waals surface area (Å²) >= 11 is 0. The lowest BCUT2D eigenvalue weighted by Gasteiger charge is -2.35. The predicted molar refractivity (Wildman–Crippen MR) is 131 cm³/mol. The van der Waals surface area contributed by atoms with Crippen LogP contribution in [0.3, 0.4) is 0 Å². The van der Waals surface area contributed by atoms with Crippen LogP contribution in [0, 0.1) is 40.5 Å². The fraction of sp³-hybridized carbons (Fsp3) is 0.0400. The normalized spacial score (nSPS) is 11.0. The molecule has 0 saturated carbocycles. The third-order valence-electron chi connectivity index (χ3n) is 6.00. The number of benzene rings is 4. The maximum atomic E-state index is 12.5. The van der Waals surface area contributed by atoms with Gasteiger partial charge in [-0.25, -0.2) is 0 Å². The minimum atomic E-state index is -1.70. The Labute approximate surface area is 208 Å². The smallest absolute Gasteiger partial charge is 0.258 e. The second kappa shape index (κ2) is 9.62. The lowest BCUT2D eigenvalue weighted by Crippen LogP contribution is -2.32. The number of nitrogens with zero attached hydrogens (tertiary/aromatic N) is 4. The lowest BCUT2D eigenvalue weighted by molar-refractivity contribution is -0.452. The Bertz CT molecular complexity index is 1430. The molecule has 0 aliphatic carbocycles. The summed E-state index contributed by atoms with van der Waals surface area (Å²) in [6.07, 6.45) is 0. The van der Waals surface area contributed by atoms with Crippen LogP contribution in [0.4, 0.5) is 22.7 Å². The molecule has 0 aliphatic rings. The monoisotopic (exact) mass is 500 g/mol. The third-order valence-corrected chi connectivity index (χ3v) is 6.00. The SMILES string of the molecule is O=[N+]([O-])c1cc(C(c2ccccc2)(c2ccccc2)c2ccccc2)c([N+](=O)[O-])c([N+](=O)[O-])c1[N+](=O)[O-]. The zero-order valence-electron chi connectivity index (χ0n) is 18.8. The van der Waals surface area contributed by atoms with Crippen LogP contribution in [0.1, 0.15) is 22.3 Å². The zero-order valence-corrected chi connectivity index (χ0v) is 18.8. The lowest BCUT2D eigenvalue weighted by atomic mass is 9.64. The Hall–Kier alpha value is -5.52. The molecule has 4 aromatic rings. The molecule has 0 heterocycles. The number of rotatable bonds is 8. The number of nitro benzene ring substituents is 4. The van der Waals surface area contributed by atoms with Gasteiger partial charge in [0.15, 0.2) is 0 Å². The van der Waals surface area contributed by atoms with E-state index in [1.54, 1.807) is 91.0 Å². The highest BCUT2D eigenvalue weighted by atomic mass is 16.7. The molecule has 184 valence electrons. The molecule has 0 saturated heterocycles. The van der Waals surface area contributed by atoms with E-state index in [9.17, 15) is 40.5 Å². The summed E-state index contributed by atoms with van der Waals surface area (Å²) in [5, 5.41) is 48.3. The van der Waals surface area contributed by atoms with E-state index >= 15 is 0 Å². The molecule has 37 heavy (non-hydrogen) atoms. The first-order valence-electron chi connectivity index (χ1n) is 10.7. The zero-order chi connectivity index (χ0) is 26.7. The van der Waals surface area contributed by atoms with Gasteiger partial charge in [0.2, 0.25) is 0 Å². The Morgan fingerprint density at radius 3 is 1.11 bits per heavy atom. The molecule has 4 aromatic carbocycles. The van der Waals surface area contributed by atoms with Crippen LogP contribution in [0.25, 0.3) is 0 Å². The van der Waals surface area contributed by atoms with Gasteiger partial charge < -0.3 is 0 Å². The highest BCUT2D eigenvalue weighted by Gasteiger charge is 2.53. The maximum absolute atomic E-state index is 12.5. The molecule has 12 heteroatoms. The third kappa shape index (κ3) is 4.01. The summed E-state index contributed by atoms with van der Waals surface area (Å²) in [5.41, 5.74) is -6.53. The van der Waals surface area contributed by atoms with Gasteiger partial charge in [-0.15, -0.1) is 0 Å². The van der Waals surface area contributed by atoms with Crippen molar-refractivity contribution in [2.45, 2.75) is 5.41 Å². The van der Waals surface area contributed by atoms with Gasteiger partial charge in [-0.05, 0) is 16.7 Å². The fourth-order valence-electron chi connectivity index (χ4n) is 4.63. The molecule has 0 unspecified atom stereocenters. The van der Waals surface area contributed by atoms with Crippen LogP contribution < -0.4 is 0 Å². The quantitative estimate of drug-likeness (QED) is 0.168. The first-order chi connectivity index (χ1) is 17.7. The highest BCUT2D eigenvalue weighted by molar-refractivity contribution is 5.81. The standard InChI is InChI=1S/C25H16N4O8/c30-26(31)21-16-20(22(27(32)33)24(29(36)37)23(21)28(34)35)25(17-10-4-1-5-11-17,18-12-6-2-7-13-18)19-14-8-3-9-15-19/h1-16H. The van der Waals surface area contributed by atoms with E-state index in [1.165, 1.54) is 0 Å². The van der Waals surface area contributed by atoms with Crippen LogP contribution in [-0.2, 0) is 5.41 Å². The molecular weight excluding hydrogens is 484 g/mol. The van der Waals surface area contributed by atoms with Gasteiger partial charge >= 0.3 is 22.7 Å². The van der Waals surface area contributed by atoms with Gasteiger partial charge in [0.05, 0.1) is 30.7 Å². The second-order valence-corrected chi connectivity index (χ2v) is 7.87. The summed E-state index contributed by atoms with van der Waals surface area (Å²) in [6.45, 7) is 0. The van der Waals surface area contributed by atoms with E-state index in [1.807, 2.05) is 0 Å². The van der Waals surface area contributed by atoms with Crippen LogP contribution in [0.15, 0.2) is 97.1 Å². The van der Waals surface area contributed by atoms with Crippen LogP contribution in [0.5, 0.6) is 0 Å². The van der Waals surface area contributed by atoms with Gasteiger partial charge in [0.1, 0.15) is 0 Å². The van der Waals surface area contributed by atoms with Crippen LogP contribution in [0.2, 0.25) is 0 Å². The molecule has 0 aromatic heterocycles. The maximum Gasteiger partial charge on any atom is 0.430 e. The molecule has 0 N–H and O–H groups in total. The van der Waals surface area contributed by atoms with Crippen LogP contribution in [-0.4, -0.2) is 19.7 Å². The van der Waals surface area contributed by atoms with Gasteiger partial charge in [0, 0.05) is 6.07 Å². The van der Waals surface area contributed by atoms with Crippen molar-refractivity contribution in [1.82, 2.24) is 0 Å². The fourth-order valence-corrected chi connectivity index (χ4v) is 4.63. The first kappa shape index (κ1) is 24.6. The summed E-state index contributed by atoms with van der Waals surface area (Å²) in [5.74, 6) is 0. The average Bonchev–Trinajstić information content (AvgIpc) is 2.90. The van der Waals surface area contributed by atoms with Crippen molar-refractivity contribution in [2.24, 2.45) is 0 Å². The van der Waals surface area contributed by atoms with Crippen molar-refractivity contribution in [3.05, 3.63) is 160 Å². The van der Waals surface area contributed by atoms with E-state index in [2.05, 4.69) is 0 Å². The molecule has 0 bridgehead atoms. The van der Waals surface area contributed by atoms with Gasteiger partial charge in [-0.3, -0.25) is 40.5 Å². The van der Waals surface area contributed by atoms with Crippen molar-refractivity contribution in [1.29, 1.82) is 0 Å². The molecule has 0 aliphatic heterocycles. The Balaban J connectivity index is 2.38. The van der Waals surface area contributed by atoms with E-state index < -0.39 is 53.4 Å². The topological polar surface area (TPSA) is 173 Å². The van der Waals surface area contributed by atoms with Crippen molar-refractivity contribution < 1.29 is 19.7 Å². The Kier molecular flexibility index (Phi) is 6.39. The average molecular weight is 500 g/mol. The minimum absolute atomic E-state index is 0.396. The molecule has 0 radical (unpaired) electrons.